The minimum Gasteiger partial charge on any atom is -0.326 e. The summed E-state index contributed by atoms with van der Waals surface area (Å²) < 4.78 is 13.2. The average molecular weight is 404 g/mol. The van der Waals surface area contributed by atoms with Crippen LogP contribution in [0.2, 0.25) is 0 Å². The first kappa shape index (κ1) is 18.0. The van der Waals surface area contributed by atoms with Crippen LogP contribution >= 0.6 is 0 Å². The molecule has 1 N–H and O–H groups in total. The SMILES string of the molecule is O=C(CC12CC3CC(CC(C3)C1)C2)Nc1ccc2nn(-c3ccc(F)cc3)nc2c1. The molecule has 1 aromatic heterocycles. The van der Waals surface area contributed by atoms with Gasteiger partial charge in [0.1, 0.15) is 16.9 Å². The molecule has 1 heterocycles. The third kappa shape index (κ3) is 3.18. The Hall–Kier alpha value is -2.76. The van der Waals surface area contributed by atoms with Crippen LogP contribution < -0.4 is 5.32 Å². The van der Waals surface area contributed by atoms with Gasteiger partial charge in [-0.3, -0.25) is 4.79 Å². The van der Waals surface area contributed by atoms with Crippen LogP contribution in [-0.2, 0) is 4.79 Å². The number of carbonyl (C=O) groups excluding carboxylic acids is 1. The number of nitrogens with zero attached hydrogens (tertiary/aromatic N) is 3. The molecular formula is C24H25FN4O. The van der Waals surface area contributed by atoms with Gasteiger partial charge in [0.05, 0.1) is 5.69 Å². The van der Waals surface area contributed by atoms with E-state index in [9.17, 15) is 9.18 Å². The number of carbonyl (C=O) groups is 1. The first-order valence-electron chi connectivity index (χ1n) is 11.0. The predicted octanol–water partition coefficient (Wildman–Crippen LogP) is 5.10. The maximum absolute atomic E-state index is 13.2. The van der Waals surface area contributed by atoms with Gasteiger partial charge in [0.15, 0.2) is 0 Å². The number of rotatable bonds is 4. The number of hydrogen-bond donors (Lipinski definition) is 1. The Balaban J connectivity index is 1.19. The molecule has 154 valence electrons. The predicted molar refractivity (Wildman–Crippen MR) is 113 cm³/mol. The van der Waals surface area contributed by atoms with Gasteiger partial charge < -0.3 is 5.32 Å². The fraction of sp³-hybridized carbons (Fsp3) is 0.458. The zero-order chi connectivity index (χ0) is 20.3. The number of fused-ring (bicyclic) bond motifs is 1. The molecular weight excluding hydrogens is 379 g/mol. The van der Waals surface area contributed by atoms with E-state index in [-0.39, 0.29) is 17.1 Å². The molecule has 30 heavy (non-hydrogen) atoms. The molecule has 7 rings (SSSR count). The fourth-order valence-electron chi connectivity index (χ4n) is 6.73. The monoisotopic (exact) mass is 404 g/mol. The number of benzene rings is 2. The quantitative estimate of drug-likeness (QED) is 0.658. The van der Waals surface area contributed by atoms with Gasteiger partial charge in [-0.25, -0.2) is 4.39 Å². The van der Waals surface area contributed by atoms with Crippen molar-refractivity contribution in [3.63, 3.8) is 0 Å². The largest absolute Gasteiger partial charge is 0.326 e. The molecule has 0 aliphatic heterocycles. The Morgan fingerprint density at radius 1 is 0.967 bits per heavy atom. The normalized spacial score (nSPS) is 29.4. The maximum atomic E-state index is 13.2. The van der Waals surface area contributed by atoms with Gasteiger partial charge >= 0.3 is 0 Å². The highest BCUT2D eigenvalue weighted by Gasteiger charge is 2.51. The van der Waals surface area contributed by atoms with Crippen LogP contribution in [0.25, 0.3) is 16.7 Å². The van der Waals surface area contributed by atoms with E-state index in [2.05, 4.69) is 15.5 Å². The molecule has 4 saturated carbocycles. The van der Waals surface area contributed by atoms with Crippen molar-refractivity contribution in [1.82, 2.24) is 15.0 Å². The van der Waals surface area contributed by atoms with Crippen LogP contribution in [0.5, 0.6) is 0 Å². The van der Waals surface area contributed by atoms with Gasteiger partial charge in [0, 0.05) is 12.1 Å². The van der Waals surface area contributed by atoms with Crippen LogP contribution in [-0.4, -0.2) is 20.9 Å². The molecule has 4 fully saturated rings. The summed E-state index contributed by atoms with van der Waals surface area (Å²) >= 11 is 0. The van der Waals surface area contributed by atoms with Gasteiger partial charge in [0.25, 0.3) is 0 Å². The van der Waals surface area contributed by atoms with Crippen molar-refractivity contribution in [2.24, 2.45) is 23.2 Å². The van der Waals surface area contributed by atoms with Crippen LogP contribution in [0.1, 0.15) is 44.9 Å². The van der Waals surface area contributed by atoms with Gasteiger partial charge in [-0.1, -0.05) is 0 Å². The number of hydrogen-bond acceptors (Lipinski definition) is 3. The summed E-state index contributed by atoms with van der Waals surface area (Å²) in [6, 6.07) is 11.7. The summed E-state index contributed by atoms with van der Waals surface area (Å²) in [5.41, 5.74) is 3.11. The Kier molecular flexibility index (Phi) is 3.98. The Morgan fingerprint density at radius 2 is 1.60 bits per heavy atom. The Labute approximate surface area is 174 Å². The molecule has 2 aromatic carbocycles. The summed E-state index contributed by atoms with van der Waals surface area (Å²) in [6.45, 7) is 0. The van der Waals surface area contributed by atoms with E-state index in [1.165, 1.54) is 55.5 Å². The molecule has 0 unspecified atom stereocenters. The molecule has 4 aliphatic rings. The highest BCUT2D eigenvalue weighted by Crippen LogP contribution is 2.61. The van der Waals surface area contributed by atoms with Crippen molar-refractivity contribution in [1.29, 1.82) is 0 Å². The lowest BCUT2D eigenvalue weighted by molar-refractivity contribution is -0.124. The lowest BCUT2D eigenvalue weighted by Gasteiger charge is -2.56. The topological polar surface area (TPSA) is 59.8 Å². The second kappa shape index (κ2) is 6.62. The molecule has 0 atom stereocenters. The molecule has 1 amide bonds. The minimum atomic E-state index is -0.292. The van der Waals surface area contributed by atoms with Crippen LogP contribution in [0, 0.1) is 29.0 Å². The molecule has 0 spiro atoms. The van der Waals surface area contributed by atoms with E-state index in [0.29, 0.717) is 17.6 Å². The van der Waals surface area contributed by atoms with E-state index >= 15 is 0 Å². The molecule has 5 nitrogen and oxygen atoms in total. The van der Waals surface area contributed by atoms with Gasteiger partial charge in [-0.05, 0) is 104 Å². The van der Waals surface area contributed by atoms with Crippen molar-refractivity contribution >= 4 is 22.6 Å². The number of nitrogens with one attached hydrogen (secondary N) is 1. The van der Waals surface area contributed by atoms with Crippen molar-refractivity contribution < 1.29 is 9.18 Å². The Morgan fingerprint density at radius 3 is 2.27 bits per heavy atom. The second-order valence-corrected chi connectivity index (χ2v) is 9.81. The molecule has 6 heteroatoms. The van der Waals surface area contributed by atoms with Crippen LogP contribution in [0.4, 0.5) is 10.1 Å². The van der Waals surface area contributed by atoms with E-state index in [4.69, 9.17) is 0 Å². The van der Waals surface area contributed by atoms with Gasteiger partial charge in [0.2, 0.25) is 5.91 Å². The highest BCUT2D eigenvalue weighted by atomic mass is 19.1. The summed E-state index contributed by atoms with van der Waals surface area (Å²) in [5.74, 6) is 2.37. The number of halogens is 1. The minimum absolute atomic E-state index is 0.113. The zero-order valence-corrected chi connectivity index (χ0v) is 16.9. The molecule has 4 bridgehead atoms. The third-order valence-electron chi connectivity index (χ3n) is 7.42. The first-order chi connectivity index (χ1) is 14.5. The summed E-state index contributed by atoms with van der Waals surface area (Å²) in [6.07, 6.45) is 8.51. The maximum Gasteiger partial charge on any atom is 0.224 e. The standard InChI is InChI=1S/C24H25FN4O/c25-18-1-4-20(5-2-18)29-27-21-6-3-19(10-22(21)28-29)26-23(30)14-24-11-15-7-16(12-24)9-17(8-15)13-24/h1-6,10,15-17H,7-9,11-14H2,(H,26,30). The van der Waals surface area contributed by atoms with Crippen molar-refractivity contribution in [2.45, 2.75) is 44.9 Å². The van der Waals surface area contributed by atoms with E-state index in [0.717, 1.165) is 29.0 Å². The van der Waals surface area contributed by atoms with E-state index in [1.54, 1.807) is 12.1 Å². The summed E-state index contributed by atoms with van der Waals surface area (Å²) in [7, 11) is 0. The smallest absolute Gasteiger partial charge is 0.224 e. The zero-order valence-electron chi connectivity index (χ0n) is 16.9. The average Bonchev–Trinajstić information content (AvgIpc) is 3.10. The first-order valence-corrected chi connectivity index (χ1v) is 11.0. The van der Waals surface area contributed by atoms with Crippen molar-refractivity contribution in [3.8, 4) is 5.69 Å². The second-order valence-electron chi connectivity index (χ2n) is 9.81. The lowest BCUT2D eigenvalue weighted by atomic mass is 9.49. The summed E-state index contributed by atoms with van der Waals surface area (Å²) in [4.78, 5) is 14.4. The van der Waals surface area contributed by atoms with Gasteiger partial charge in [-0.2, -0.15) is 4.80 Å². The molecule has 4 aliphatic carbocycles. The number of amides is 1. The van der Waals surface area contributed by atoms with E-state index < -0.39 is 0 Å². The lowest BCUT2D eigenvalue weighted by Crippen LogP contribution is -2.47. The Bertz CT molecular complexity index is 1080. The number of anilines is 1. The van der Waals surface area contributed by atoms with E-state index in [1.807, 2.05) is 18.2 Å². The van der Waals surface area contributed by atoms with Crippen molar-refractivity contribution in [3.05, 3.63) is 48.3 Å². The highest BCUT2D eigenvalue weighted by molar-refractivity contribution is 5.93. The van der Waals surface area contributed by atoms with Crippen LogP contribution in [0.15, 0.2) is 42.5 Å². The fourth-order valence-corrected chi connectivity index (χ4v) is 6.73. The summed E-state index contributed by atoms with van der Waals surface area (Å²) in [5, 5.41) is 12.0. The molecule has 0 radical (unpaired) electrons. The van der Waals surface area contributed by atoms with Crippen LogP contribution in [0.3, 0.4) is 0 Å². The third-order valence-corrected chi connectivity index (χ3v) is 7.42. The number of aromatic nitrogens is 3. The van der Waals surface area contributed by atoms with Crippen molar-refractivity contribution in [2.75, 3.05) is 5.32 Å². The molecule has 0 saturated heterocycles. The van der Waals surface area contributed by atoms with Gasteiger partial charge in [-0.15, -0.1) is 10.2 Å². The molecule has 3 aromatic rings.